The zero-order chi connectivity index (χ0) is 18.6. The van der Waals surface area contributed by atoms with Crippen molar-refractivity contribution in [3.05, 3.63) is 24.3 Å². The highest BCUT2D eigenvalue weighted by atomic mass is 32.2. The van der Waals surface area contributed by atoms with E-state index >= 15 is 0 Å². The number of hydrogen-bond acceptors (Lipinski definition) is 6. The Balaban J connectivity index is 1.34. The number of ether oxygens (including phenoxy) is 1. The largest absolute Gasteiger partial charge is 0.493 e. The van der Waals surface area contributed by atoms with Gasteiger partial charge in [0.1, 0.15) is 5.75 Å². The van der Waals surface area contributed by atoms with Crippen LogP contribution in [-0.4, -0.2) is 62.5 Å². The first kappa shape index (κ1) is 19.5. The number of nitrogens with one attached hydrogen (secondary N) is 1. The summed E-state index contributed by atoms with van der Waals surface area (Å²) in [5.74, 6) is 1.94. The molecule has 3 N–H and O–H groups in total. The number of benzene rings is 1. The lowest BCUT2D eigenvalue weighted by Crippen LogP contribution is -2.40. The van der Waals surface area contributed by atoms with Crippen molar-refractivity contribution < 1.29 is 17.9 Å². The number of likely N-dealkylation sites (tertiary alicyclic amines) is 1. The van der Waals surface area contributed by atoms with Crippen molar-refractivity contribution in [1.29, 1.82) is 0 Å². The zero-order valence-electron chi connectivity index (χ0n) is 14.6. The lowest BCUT2D eigenvalue weighted by molar-refractivity contribution is -0.128. The fraction of sp³-hybridized carbons (Fsp3) is 0.588. The van der Waals surface area contributed by atoms with E-state index in [2.05, 4.69) is 5.32 Å². The normalized spacial score (nSPS) is 22.9. The van der Waals surface area contributed by atoms with Crippen LogP contribution >= 0.6 is 11.8 Å². The Kier molecular flexibility index (Phi) is 6.44. The van der Waals surface area contributed by atoms with Crippen LogP contribution in [0.5, 0.6) is 5.75 Å². The second-order valence-electron chi connectivity index (χ2n) is 6.68. The van der Waals surface area contributed by atoms with Crippen molar-refractivity contribution in [3.8, 4) is 5.75 Å². The molecule has 2 saturated heterocycles. The summed E-state index contributed by atoms with van der Waals surface area (Å²) >= 11 is 1.56. The minimum atomic E-state index is -3.68. The van der Waals surface area contributed by atoms with Crippen molar-refractivity contribution in [2.75, 3.05) is 31.2 Å². The summed E-state index contributed by atoms with van der Waals surface area (Å²) in [5.41, 5.74) is 0. The van der Waals surface area contributed by atoms with E-state index in [0.717, 1.165) is 19.5 Å². The maximum Gasteiger partial charge on any atom is 0.238 e. The number of amides is 1. The van der Waals surface area contributed by atoms with E-state index in [1.807, 2.05) is 4.90 Å². The van der Waals surface area contributed by atoms with Crippen LogP contribution in [0.15, 0.2) is 29.2 Å². The lowest BCUT2D eigenvalue weighted by atomic mass is 10.1. The molecular formula is C17H25N3O4S2. The Bertz CT molecular complexity index is 724. The average Bonchev–Trinajstić information content (AvgIpc) is 2.93. The molecule has 0 saturated carbocycles. The molecule has 2 fully saturated rings. The van der Waals surface area contributed by atoms with E-state index in [4.69, 9.17) is 9.88 Å². The van der Waals surface area contributed by atoms with Gasteiger partial charge in [-0.1, -0.05) is 0 Å². The SMILES string of the molecule is NS(=O)(=O)c1ccc(OCCSCC(=O)N2CCC3CCC(C2)N3)cc1. The number of carbonyl (C=O) groups is 1. The van der Waals surface area contributed by atoms with E-state index in [0.29, 0.717) is 35.9 Å². The van der Waals surface area contributed by atoms with E-state index in [9.17, 15) is 13.2 Å². The van der Waals surface area contributed by atoms with Crippen molar-refractivity contribution in [2.24, 2.45) is 5.14 Å². The van der Waals surface area contributed by atoms with Gasteiger partial charge in [0.15, 0.2) is 0 Å². The first-order chi connectivity index (χ1) is 12.4. The van der Waals surface area contributed by atoms with Gasteiger partial charge in [-0.05, 0) is 43.5 Å². The molecule has 2 unspecified atom stereocenters. The fourth-order valence-electron chi connectivity index (χ4n) is 3.36. The molecule has 0 aliphatic carbocycles. The third-order valence-electron chi connectivity index (χ3n) is 4.75. The molecule has 0 aromatic heterocycles. The summed E-state index contributed by atoms with van der Waals surface area (Å²) in [6.45, 7) is 2.13. The summed E-state index contributed by atoms with van der Waals surface area (Å²) < 4.78 is 28.0. The molecule has 144 valence electrons. The van der Waals surface area contributed by atoms with Crippen LogP contribution in [0.2, 0.25) is 0 Å². The molecule has 2 aliphatic rings. The van der Waals surface area contributed by atoms with Crippen molar-refractivity contribution >= 4 is 27.7 Å². The maximum absolute atomic E-state index is 12.4. The molecule has 7 nitrogen and oxygen atoms in total. The van der Waals surface area contributed by atoms with Gasteiger partial charge >= 0.3 is 0 Å². The Hall–Kier alpha value is -1.29. The van der Waals surface area contributed by atoms with Gasteiger partial charge in [0, 0.05) is 30.9 Å². The van der Waals surface area contributed by atoms with Gasteiger partial charge in [-0.25, -0.2) is 13.6 Å². The molecule has 0 spiro atoms. The van der Waals surface area contributed by atoms with Gasteiger partial charge in [-0.15, -0.1) is 11.8 Å². The van der Waals surface area contributed by atoms with Crippen LogP contribution in [0.1, 0.15) is 19.3 Å². The number of nitrogens with two attached hydrogens (primary N) is 1. The van der Waals surface area contributed by atoms with Gasteiger partial charge in [0.25, 0.3) is 0 Å². The Morgan fingerprint density at radius 2 is 1.96 bits per heavy atom. The van der Waals surface area contributed by atoms with Crippen LogP contribution < -0.4 is 15.2 Å². The molecule has 1 amide bonds. The first-order valence-electron chi connectivity index (χ1n) is 8.79. The highest BCUT2D eigenvalue weighted by Crippen LogP contribution is 2.21. The molecule has 2 bridgehead atoms. The molecule has 26 heavy (non-hydrogen) atoms. The molecule has 3 rings (SSSR count). The molecule has 0 radical (unpaired) electrons. The molecule has 1 aromatic rings. The smallest absolute Gasteiger partial charge is 0.238 e. The number of primary sulfonamides is 1. The number of thioether (sulfide) groups is 1. The number of fused-ring (bicyclic) bond motifs is 2. The van der Waals surface area contributed by atoms with Crippen LogP contribution in [-0.2, 0) is 14.8 Å². The molecule has 2 heterocycles. The fourth-order valence-corrected chi connectivity index (χ4v) is 4.58. The summed E-state index contributed by atoms with van der Waals surface area (Å²) in [5, 5.41) is 8.63. The molecule has 2 aliphatic heterocycles. The van der Waals surface area contributed by atoms with E-state index in [-0.39, 0.29) is 10.8 Å². The molecular weight excluding hydrogens is 374 g/mol. The first-order valence-corrected chi connectivity index (χ1v) is 11.5. The van der Waals surface area contributed by atoms with Crippen molar-refractivity contribution in [1.82, 2.24) is 10.2 Å². The van der Waals surface area contributed by atoms with Gasteiger partial charge < -0.3 is 15.0 Å². The van der Waals surface area contributed by atoms with Crippen LogP contribution in [0.25, 0.3) is 0 Å². The predicted octanol–water partition coefficient (Wildman–Crippen LogP) is 0.799. The number of nitrogens with zero attached hydrogens (tertiary/aromatic N) is 1. The molecule has 2 atom stereocenters. The second-order valence-corrected chi connectivity index (χ2v) is 9.35. The molecule has 1 aromatic carbocycles. The van der Waals surface area contributed by atoms with Gasteiger partial charge in [0.2, 0.25) is 15.9 Å². The average molecular weight is 400 g/mol. The third kappa shape index (κ3) is 5.35. The summed E-state index contributed by atoms with van der Waals surface area (Å²) in [6, 6.07) is 7.04. The maximum atomic E-state index is 12.4. The van der Waals surface area contributed by atoms with Gasteiger partial charge in [-0.3, -0.25) is 4.79 Å². The van der Waals surface area contributed by atoms with Crippen LogP contribution in [0.3, 0.4) is 0 Å². The Morgan fingerprint density at radius 3 is 2.69 bits per heavy atom. The topological polar surface area (TPSA) is 102 Å². The van der Waals surface area contributed by atoms with Crippen LogP contribution in [0, 0.1) is 0 Å². The van der Waals surface area contributed by atoms with E-state index in [1.54, 1.807) is 23.9 Å². The minimum absolute atomic E-state index is 0.0606. The van der Waals surface area contributed by atoms with Crippen molar-refractivity contribution in [3.63, 3.8) is 0 Å². The predicted molar refractivity (Wildman–Crippen MR) is 102 cm³/mol. The Labute approximate surface area is 158 Å². The zero-order valence-corrected chi connectivity index (χ0v) is 16.2. The van der Waals surface area contributed by atoms with Crippen LogP contribution in [0.4, 0.5) is 0 Å². The molecule has 9 heteroatoms. The monoisotopic (exact) mass is 399 g/mol. The number of rotatable bonds is 7. The number of hydrogen-bond donors (Lipinski definition) is 2. The summed E-state index contributed by atoms with van der Waals surface area (Å²) in [7, 11) is -3.68. The highest BCUT2D eigenvalue weighted by Gasteiger charge is 2.30. The lowest BCUT2D eigenvalue weighted by Gasteiger charge is -2.24. The number of carbonyl (C=O) groups excluding carboxylic acids is 1. The van der Waals surface area contributed by atoms with E-state index < -0.39 is 10.0 Å². The second kappa shape index (κ2) is 8.60. The highest BCUT2D eigenvalue weighted by molar-refractivity contribution is 7.99. The minimum Gasteiger partial charge on any atom is -0.493 e. The summed E-state index contributed by atoms with van der Waals surface area (Å²) in [4.78, 5) is 14.4. The van der Waals surface area contributed by atoms with E-state index in [1.165, 1.54) is 25.0 Å². The Morgan fingerprint density at radius 1 is 1.23 bits per heavy atom. The number of sulfonamides is 1. The standard InChI is InChI=1S/C17H25N3O4S2/c18-26(22,23)16-5-3-15(4-6-16)24-9-10-25-12-17(21)20-8-7-13-1-2-14(11-20)19-13/h3-6,13-14,19H,1-2,7-12H2,(H2,18,22,23). The summed E-state index contributed by atoms with van der Waals surface area (Å²) in [6.07, 6.45) is 3.45. The quantitative estimate of drug-likeness (QED) is 0.658. The van der Waals surface area contributed by atoms with Gasteiger partial charge in [-0.2, -0.15) is 0 Å². The third-order valence-corrected chi connectivity index (χ3v) is 6.59. The van der Waals surface area contributed by atoms with Gasteiger partial charge in [0.05, 0.1) is 17.3 Å². The van der Waals surface area contributed by atoms with Crippen molar-refractivity contribution in [2.45, 2.75) is 36.2 Å².